The summed E-state index contributed by atoms with van der Waals surface area (Å²) in [5.41, 5.74) is 1.84. The summed E-state index contributed by atoms with van der Waals surface area (Å²) < 4.78 is 66.2. The molecule has 0 aromatic heterocycles. The summed E-state index contributed by atoms with van der Waals surface area (Å²) >= 11 is 6.86. The molecule has 160 valence electrons. The molecule has 2 N–H and O–H groups in total. The van der Waals surface area contributed by atoms with Crippen molar-refractivity contribution in [3.8, 4) is 0 Å². The Balaban J connectivity index is 1.88. The third-order valence-electron chi connectivity index (χ3n) is 5.03. The van der Waals surface area contributed by atoms with Gasteiger partial charge in [0.25, 0.3) is 20.2 Å². The van der Waals surface area contributed by atoms with Gasteiger partial charge in [0.15, 0.2) is 0 Å². The van der Waals surface area contributed by atoms with Gasteiger partial charge in [-0.15, -0.1) is 0 Å². The molecule has 0 aliphatic carbocycles. The first kappa shape index (κ1) is 22.4. The van der Waals surface area contributed by atoms with E-state index < -0.39 is 20.2 Å². The predicted octanol–water partition coefficient (Wildman–Crippen LogP) is 5.60. The van der Waals surface area contributed by atoms with Crippen LogP contribution in [0, 0.1) is 0 Å². The average Bonchev–Trinajstić information content (AvgIpc) is 2.70. The molecule has 0 heterocycles. The first-order valence-corrected chi connectivity index (χ1v) is 13.3. The lowest BCUT2D eigenvalue weighted by Gasteiger charge is -2.13. The Morgan fingerprint density at radius 2 is 0.968 bits per heavy atom. The van der Waals surface area contributed by atoms with Crippen molar-refractivity contribution in [2.24, 2.45) is 0 Å². The van der Waals surface area contributed by atoms with Gasteiger partial charge in [-0.05, 0) is 75.5 Å². The van der Waals surface area contributed by atoms with E-state index in [-0.39, 0.29) is 9.79 Å². The van der Waals surface area contributed by atoms with Crippen molar-refractivity contribution in [2.75, 3.05) is 0 Å². The topological polar surface area (TPSA) is 109 Å². The van der Waals surface area contributed by atoms with Crippen molar-refractivity contribution < 1.29 is 25.9 Å². The fourth-order valence-electron chi connectivity index (χ4n) is 3.54. The summed E-state index contributed by atoms with van der Waals surface area (Å²) in [6, 6.07) is 16.3. The smallest absolute Gasteiger partial charge is 0.282 e. The highest BCUT2D eigenvalue weighted by atomic mass is 79.9. The van der Waals surface area contributed by atoms with Crippen molar-refractivity contribution in [1.82, 2.24) is 0 Å². The minimum atomic E-state index is -4.33. The molecular weight excluding hydrogens is 572 g/mol. The van der Waals surface area contributed by atoms with E-state index in [4.69, 9.17) is 0 Å². The molecule has 0 fully saturated rings. The van der Waals surface area contributed by atoms with E-state index in [0.717, 1.165) is 21.9 Å². The fourth-order valence-corrected chi connectivity index (χ4v) is 5.48. The molecule has 0 spiro atoms. The van der Waals surface area contributed by atoms with Gasteiger partial charge in [0.05, 0.1) is 9.79 Å². The molecular formula is C21H14Br2O6S2. The third kappa shape index (κ3) is 4.41. The maximum atomic E-state index is 11.5. The Labute approximate surface area is 195 Å². The molecule has 4 rings (SSSR count). The van der Waals surface area contributed by atoms with Crippen LogP contribution in [0.4, 0.5) is 0 Å². The van der Waals surface area contributed by atoms with Gasteiger partial charge < -0.3 is 0 Å². The summed E-state index contributed by atoms with van der Waals surface area (Å²) in [6.07, 6.45) is 0.490. The van der Waals surface area contributed by atoms with Crippen LogP contribution in [0.2, 0.25) is 0 Å². The Hall–Kier alpha value is -1.82. The molecule has 0 unspecified atom stereocenters. The zero-order valence-corrected chi connectivity index (χ0v) is 20.4. The van der Waals surface area contributed by atoms with E-state index in [0.29, 0.717) is 26.1 Å². The van der Waals surface area contributed by atoms with Crippen molar-refractivity contribution in [1.29, 1.82) is 0 Å². The second kappa shape index (κ2) is 7.95. The summed E-state index contributed by atoms with van der Waals surface area (Å²) in [6.45, 7) is 0. The lowest BCUT2D eigenvalue weighted by Crippen LogP contribution is -1.99. The lowest BCUT2D eigenvalue weighted by atomic mass is 9.95. The molecule has 4 aromatic rings. The number of rotatable bonds is 4. The lowest BCUT2D eigenvalue weighted by molar-refractivity contribution is 0.481. The van der Waals surface area contributed by atoms with Crippen LogP contribution in [0.15, 0.2) is 79.4 Å². The molecule has 0 aliphatic rings. The van der Waals surface area contributed by atoms with E-state index in [1.807, 2.05) is 24.3 Å². The minimum Gasteiger partial charge on any atom is -0.282 e. The van der Waals surface area contributed by atoms with Gasteiger partial charge in [-0.2, -0.15) is 16.8 Å². The second-order valence-electron chi connectivity index (χ2n) is 6.95. The van der Waals surface area contributed by atoms with Gasteiger partial charge in [0.1, 0.15) is 0 Å². The van der Waals surface area contributed by atoms with Crippen molar-refractivity contribution >= 4 is 73.6 Å². The van der Waals surface area contributed by atoms with E-state index in [2.05, 4.69) is 31.9 Å². The number of fused-ring (bicyclic) bond motifs is 2. The minimum absolute atomic E-state index is 0.190. The monoisotopic (exact) mass is 584 g/mol. The van der Waals surface area contributed by atoms with Gasteiger partial charge in [0, 0.05) is 8.95 Å². The van der Waals surface area contributed by atoms with Gasteiger partial charge >= 0.3 is 0 Å². The molecule has 0 bridgehead atoms. The first-order valence-electron chi connectivity index (χ1n) is 8.82. The number of benzene rings is 4. The van der Waals surface area contributed by atoms with Gasteiger partial charge in [-0.1, -0.05) is 56.1 Å². The summed E-state index contributed by atoms with van der Waals surface area (Å²) in [4.78, 5) is -0.380. The number of hydrogen-bond acceptors (Lipinski definition) is 4. The molecule has 0 aliphatic heterocycles. The van der Waals surface area contributed by atoms with Gasteiger partial charge in [-0.25, -0.2) is 0 Å². The molecule has 31 heavy (non-hydrogen) atoms. The van der Waals surface area contributed by atoms with Crippen LogP contribution in [-0.4, -0.2) is 25.9 Å². The summed E-state index contributed by atoms with van der Waals surface area (Å²) in [5, 5.41) is 2.91. The van der Waals surface area contributed by atoms with Crippen LogP contribution < -0.4 is 0 Å². The number of hydrogen-bond donors (Lipinski definition) is 2. The van der Waals surface area contributed by atoms with Crippen LogP contribution in [0.1, 0.15) is 11.1 Å². The summed E-state index contributed by atoms with van der Waals surface area (Å²) in [7, 11) is -8.66. The average molecular weight is 586 g/mol. The van der Waals surface area contributed by atoms with Crippen molar-refractivity contribution in [2.45, 2.75) is 16.2 Å². The van der Waals surface area contributed by atoms with Crippen LogP contribution in [0.5, 0.6) is 0 Å². The van der Waals surface area contributed by atoms with Crippen molar-refractivity contribution in [3.05, 3.63) is 80.7 Å². The molecule has 0 amide bonds. The maximum absolute atomic E-state index is 11.5. The molecule has 0 saturated carbocycles. The maximum Gasteiger partial charge on any atom is 0.294 e. The highest BCUT2D eigenvalue weighted by Crippen LogP contribution is 2.34. The van der Waals surface area contributed by atoms with Crippen LogP contribution >= 0.6 is 31.9 Å². The Kier molecular flexibility index (Phi) is 5.74. The van der Waals surface area contributed by atoms with E-state index in [1.165, 1.54) is 24.3 Å². The molecule has 6 nitrogen and oxygen atoms in total. The Morgan fingerprint density at radius 1 is 0.581 bits per heavy atom. The fraction of sp³-hybridized carbons (Fsp3) is 0.0476. The molecule has 0 atom stereocenters. The standard InChI is InChI=1S/C21H14Br2O6S2/c22-20-7-1-12(16-5-3-14(10-18(16)20)30(24,25)26)9-13-2-8-21(23)19-11-15(31(27,28)29)4-6-17(13)19/h1-8,10-11H,9H2,(H,24,25,26)(H,27,28,29). The Morgan fingerprint density at radius 3 is 1.32 bits per heavy atom. The number of halogens is 2. The van der Waals surface area contributed by atoms with Gasteiger partial charge in [-0.3, -0.25) is 9.11 Å². The van der Waals surface area contributed by atoms with Crippen LogP contribution in [0.3, 0.4) is 0 Å². The second-order valence-corrected chi connectivity index (χ2v) is 11.5. The van der Waals surface area contributed by atoms with Crippen molar-refractivity contribution in [3.63, 3.8) is 0 Å². The van der Waals surface area contributed by atoms with Crippen LogP contribution in [-0.2, 0) is 26.7 Å². The van der Waals surface area contributed by atoms with E-state index >= 15 is 0 Å². The predicted molar refractivity (Wildman–Crippen MR) is 126 cm³/mol. The molecule has 10 heteroatoms. The molecule has 0 saturated heterocycles. The zero-order valence-electron chi connectivity index (χ0n) is 15.6. The Bertz CT molecular complexity index is 1460. The first-order chi connectivity index (χ1) is 14.4. The highest BCUT2D eigenvalue weighted by Gasteiger charge is 2.16. The van der Waals surface area contributed by atoms with E-state index in [1.54, 1.807) is 12.1 Å². The SMILES string of the molecule is O=S(=O)(O)c1ccc2c(Cc3ccc(Br)c4cc(S(=O)(=O)O)ccc34)ccc(Br)c2c1. The normalized spacial score (nSPS) is 12.5. The zero-order chi connectivity index (χ0) is 22.6. The highest BCUT2D eigenvalue weighted by molar-refractivity contribution is 9.11. The molecule has 4 aromatic carbocycles. The van der Waals surface area contributed by atoms with Gasteiger partial charge in [0.2, 0.25) is 0 Å². The molecule has 0 radical (unpaired) electrons. The van der Waals surface area contributed by atoms with E-state index in [9.17, 15) is 25.9 Å². The largest absolute Gasteiger partial charge is 0.294 e. The summed E-state index contributed by atoms with van der Waals surface area (Å²) in [5.74, 6) is 0. The van der Waals surface area contributed by atoms with Crippen LogP contribution in [0.25, 0.3) is 21.5 Å². The third-order valence-corrected chi connectivity index (χ3v) is 8.11. The quantitative estimate of drug-likeness (QED) is 0.302.